The van der Waals surface area contributed by atoms with Crippen molar-refractivity contribution < 1.29 is 37.5 Å². The molecule has 0 unspecified atom stereocenters. The molecular formula is C37H39F3N4O5S. The van der Waals surface area contributed by atoms with Crippen molar-refractivity contribution in [3.05, 3.63) is 118 Å². The summed E-state index contributed by atoms with van der Waals surface area (Å²) in [6, 6.07) is 28.7. The molecule has 1 fully saturated rings. The molecule has 2 heterocycles. The number of nitrogens with one attached hydrogen (secondary N) is 2. The van der Waals surface area contributed by atoms with Gasteiger partial charge in [0.25, 0.3) is 11.8 Å². The van der Waals surface area contributed by atoms with Gasteiger partial charge in [-0.3, -0.25) is 14.4 Å². The summed E-state index contributed by atoms with van der Waals surface area (Å²) in [5, 5.41) is 15.0. The Kier molecular flexibility index (Phi) is 14.1. The van der Waals surface area contributed by atoms with Gasteiger partial charge in [0.2, 0.25) is 5.91 Å². The SMILES string of the molecule is O=C(NCCN1CCCC1)c1cccc(-c2cccc(CN(CCc3cccs3)C(=O)CNC(=O)c3ccccc3)c2)c1.O=C(O)C(F)(F)F. The molecule has 0 bridgehead atoms. The lowest BCUT2D eigenvalue weighted by Gasteiger charge is -2.23. The molecule has 3 amide bonds. The molecule has 1 aromatic heterocycles. The van der Waals surface area contributed by atoms with Crippen LogP contribution in [0, 0.1) is 0 Å². The second-order valence-electron chi connectivity index (χ2n) is 11.6. The predicted molar refractivity (Wildman–Crippen MR) is 186 cm³/mol. The van der Waals surface area contributed by atoms with Gasteiger partial charge in [0.15, 0.2) is 0 Å². The highest BCUT2D eigenvalue weighted by Crippen LogP contribution is 2.23. The molecule has 0 radical (unpaired) electrons. The van der Waals surface area contributed by atoms with E-state index in [4.69, 9.17) is 9.90 Å². The summed E-state index contributed by atoms with van der Waals surface area (Å²) < 4.78 is 31.7. The molecule has 0 saturated carbocycles. The van der Waals surface area contributed by atoms with E-state index in [9.17, 15) is 27.6 Å². The lowest BCUT2D eigenvalue weighted by molar-refractivity contribution is -0.192. The van der Waals surface area contributed by atoms with Gasteiger partial charge in [0, 0.05) is 42.2 Å². The maximum atomic E-state index is 13.4. The van der Waals surface area contributed by atoms with Gasteiger partial charge in [-0.05, 0) is 90.8 Å². The van der Waals surface area contributed by atoms with Crippen LogP contribution in [0.4, 0.5) is 13.2 Å². The third-order valence-corrected chi connectivity index (χ3v) is 8.85. The van der Waals surface area contributed by atoms with Crippen LogP contribution < -0.4 is 10.6 Å². The van der Waals surface area contributed by atoms with E-state index in [1.807, 2.05) is 60.0 Å². The number of rotatable bonds is 13. The van der Waals surface area contributed by atoms with E-state index < -0.39 is 12.1 Å². The van der Waals surface area contributed by atoms with Crippen LogP contribution in [0.25, 0.3) is 11.1 Å². The van der Waals surface area contributed by atoms with Gasteiger partial charge in [-0.15, -0.1) is 11.3 Å². The number of carboxylic acid groups (broad SMARTS) is 1. The summed E-state index contributed by atoms with van der Waals surface area (Å²) in [6.07, 6.45) is -1.87. The maximum absolute atomic E-state index is 13.4. The van der Waals surface area contributed by atoms with Gasteiger partial charge >= 0.3 is 12.1 Å². The molecule has 1 saturated heterocycles. The Morgan fingerprint density at radius 2 is 1.44 bits per heavy atom. The van der Waals surface area contributed by atoms with Crippen molar-refractivity contribution in [1.82, 2.24) is 20.4 Å². The van der Waals surface area contributed by atoms with Crippen LogP contribution >= 0.6 is 11.3 Å². The van der Waals surface area contributed by atoms with Crippen LogP contribution in [0.2, 0.25) is 0 Å². The van der Waals surface area contributed by atoms with E-state index >= 15 is 0 Å². The number of aliphatic carboxylic acids is 1. The minimum absolute atomic E-state index is 0.0694. The van der Waals surface area contributed by atoms with Crippen molar-refractivity contribution in [3.8, 4) is 11.1 Å². The van der Waals surface area contributed by atoms with Crippen molar-refractivity contribution in [3.63, 3.8) is 0 Å². The fraction of sp³-hybridized carbons (Fsp3) is 0.297. The number of nitrogens with zero attached hydrogens (tertiary/aromatic N) is 2. The number of hydrogen-bond acceptors (Lipinski definition) is 6. The number of benzene rings is 3. The van der Waals surface area contributed by atoms with E-state index in [-0.39, 0.29) is 24.3 Å². The van der Waals surface area contributed by atoms with Gasteiger partial charge in [0.05, 0.1) is 6.54 Å². The Balaban J connectivity index is 0.000000727. The number of hydrogen-bond donors (Lipinski definition) is 3. The zero-order valence-corrected chi connectivity index (χ0v) is 28.1. The number of carbonyl (C=O) groups excluding carboxylic acids is 3. The third-order valence-electron chi connectivity index (χ3n) is 7.91. The van der Waals surface area contributed by atoms with Gasteiger partial charge in [-0.25, -0.2) is 4.79 Å². The number of likely N-dealkylation sites (tertiary alicyclic amines) is 1. The minimum atomic E-state index is -5.08. The fourth-order valence-electron chi connectivity index (χ4n) is 5.30. The Labute approximate surface area is 292 Å². The van der Waals surface area contributed by atoms with E-state index in [1.165, 1.54) is 17.7 Å². The van der Waals surface area contributed by atoms with Crippen molar-refractivity contribution in [1.29, 1.82) is 0 Å². The topological polar surface area (TPSA) is 119 Å². The van der Waals surface area contributed by atoms with Crippen LogP contribution in [0.3, 0.4) is 0 Å². The average molecular weight is 709 g/mol. The van der Waals surface area contributed by atoms with Gasteiger partial charge in [0.1, 0.15) is 0 Å². The Bertz CT molecular complexity index is 1710. The first-order valence-corrected chi connectivity index (χ1v) is 17.0. The van der Waals surface area contributed by atoms with Crippen LogP contribution in [-0.2, 0) is 22.6 Å². The van der Waals surface area contributed by atoms with Crippen molar-refractivity contribution in [2.45, 2.75) is 32.0 Å². The zero-order chi connectivity index (χ0) is 35.9. The van der Waals surface area contributed by atoms with E-state index in [0.29, 0.717) is 30.8 Å². The molecule has 4 aromatic rings. The minimum Gasteiger partial charge on any atom is -0.475 e. The molecule has 0 spiro atoms. The fourth-order valence-corrected chi connectivity index (χ4v) is 5.99. The van der Waals surface area contributed by atoms with Crippen LogP contribution in [0.5, 0.6) is 0 Å². The molecule has 3 aromatic carbocycles. The molecule has 1 aliphatic rings. The van der Waals surface area contributed by atoms with Crippen LogP contribution in [0.15, 0.2) is 96.4 Å². The number of amides is 3. The number of halogens is 3. The molecule has 0 atom stereocenters. The largest absolute Gasteiger partial charge is 0.490 e. The normalized spacial score (nSPS) is 12.8. The van der Waals surface area contributed by atoms with Crippen LogP contribution in [-0.4, -0.2) is 84.0 Å². The Hall–Kier alpha value is -5.01. The van der Waals surface area contributed by atoms with E-state index in [1.54, 1.807) is 40.5 Å². The smallest absolute Gasteiger partial charge is 0.475 e. The summed E-state index contributed by atoms with van der Waals surface area (Å²) in [5.41, 5.74) is 4.06. The summed E-state index contributed by atoms with van der Waals surface area (Å²) in [4.78, 5) is 53.1. The first-order chi connectivity index (χ1) is 24.0. The molecule has 3 N–H and O–H groups in total. The van der Waals surface area contributed by atoms with Gasteiger partial charge < -0.3 is 25.5 Å². The molecule has 1 aliphatic heterocycles. The molecule has 9 nitrogen and oxygen atoms in total. The zero-order valence-electron chi connectivity index (χ0n) is 27.3. The summed E-state index contributed by atoms with van der Waals surface area (Å²) in [6.45, 7) is 4.62. The summed E-state index contributed by atoms with van der Waals surface area (Å²) in [7, 11) is 0. The van der Waals surface area contributed by atoms with Crippen LogP contribution in [0.1, 0.15) is 44.0 Å². The molecule has 0 aliphatic carbocycles. The molecular weight excluding hydrogens is 669 g/mol. The maximum Gasteiger partial charge on any atom is 0.490 e. The molecule has 50 heavy (non-hydrogen) atoms. The molecule has 264 valence electrons. The third kappa shape index (κ3) is 12.1. The first-order valence-electron chi connectivity index (χ1n) is 16.1. The molecule has 5 rings (SSSR count). The van der Waals surface area contributed by atoms with Crippen molar-refractivity contribution in [2.75, 3.05) is 39.3 Å². The van der Waals surface area contributed by atoms with Gasteiger partial charge in [-0.2, -0.15) is 13.2 Å². The van der Waals surface area contributed by atoms with Crippen molar-refractivity contribution in [2.24, 2.45) is 0 Å². The highest BCUT2D eigenvalue weighted by Gasteiger charge is 2.38. The second-order valence-corrected chi connectivity index (χ2v) is 12.6. The molecule has 13 heteroatoms. The number of thiophene rings is 1. The lowest BCUT2D eigenvalue weighted by Crippen LogP contribution is -2.40. The number of alkyl halides is 3. The summed E-state index contributed by atoms with van der Waals surface area (Å²) >= 11 is 1.67. The monoisotopic (exact) mass is 708 g/mol. The Morgan fingerprint density at radius 3 is 2.10 bits per heavy atom. The Morgan fingerprint density at radius 1 is 0.800 bits per heavy atom. The standard InChI is InChI=1S/C35H38N4O3S.C2HF3O2/c40-33(25-37-34(41)28-10-2-1-3-11-28)39(20-16-32-15-8-22-43-32)26-27-9-6-12-29(23-27)30-13-7-14-31(24-30)35(42)36-17-21-38-18-4-5-19-38;3-2(4,5)1(6)7/h1-3,6-15,22-24H,4-5,16-21,25-26H2,(H,36,42)(H,37,41);(H,6,7). The second kappa shape index (κ2) is 18.7. The highest BCUT2D eigenvalue weighted by molar-refractivity contribution is 7.09. The van der Waals surface area contributed by atoms with Gasteiger partial charge in [-0.1, -0.05) is 54.6 Å². The predicted octanol–water partition coefficient (Wildman–Crippen LogP) is 5.88. The lowest BCUT2D eigenvalue weighted by atomic mass is 10.0. The number of carboxylic acids is 1. The average Bonchev–Trinajstić information content (AvgIpc) is 3.84. The van der Waals surface area contributed by atoms with Crippen molar-refractivity contribution >= 4 is 35.0 Å². The first kappa shape index (κ1) is 37.8. The summed E-state index contributed by atoms with van der Waals surface area (Å²) in [5.74, 6) is -3.24. The van der Waals surface area contributed by atoms with E-state index in [0.717, 1.165) is 42.7 Å². The van der Waals surface area contributed by atoms with E-state index in [2.05, 4.69) is 27.7 Å². The number of carbonyl (C=O) groups is 4. The highest BCUT2D eigenvalue weighted by atomic mass is 32.1. The quantitative estimate of drug-likeness (QED) is 0.160.